The van der Waals surface area contributed by atoms with Gasteiger partial charge in [0.1, 0.15) is 11.6 Å². The van der Waals surface area contributed by atoms with Gasteiger partial charge in [0.2, 0.25) is 17.7 Å². The molecule has 208 valence electrons. The predicted molar refractivity (Wildman–Crippen MR) is 148 cm³/mol. The predicted octanol–water partition coefficient (Wildman–Crippen LogP) is 2.54. The molecule has 1 spiro atoms. The second-order valence-electron chi connectivity index (χ2n) is 10.9. The molecule has 3 N–H and O–H groups in total. The highest BCUT2D eigenvalue weighted by molar-refractivity contribution is 6.03. The van der Waals surface area contributed by atoms with Crippen molar-refractivity contribution in [2.45, 2.75) is 57.4 Å². The van der Waals surface area contributed by atoms with Crippen molar-refractivity contribution in [1.82, 2.24) is 10.2 Å². The lowest BCUT2D eigenvalue weighted by Crippen LogP contribution is -2.53. The second-order valence-corrected chi connectivity index (χ2v) is 10.9. The number of ether oxygens (including phenoxy) is 1. The number of benzene rings is 2. The van der Waals surface area contributed by atoms with E-state index in [9.17, 15) is 19.5 Å². The SMILES string of the molecule is CCN(CC)c1ccc(NC(=O)C2N(CCO)C(=O)[C@@H]3[C@H](C(=O)NCc4ccccc4)[C@]4(C)CCC23O4)cc1. The van der Waals surface area contributed by atoms with E-state index in [0.29, 0.717) is 25.1 Å². The van der Waals surface area contributed by atoms with Gasteiger partial charge < -0.3 is 30.3 Å². The highest BCUT2D eigenvalue weighted by Gasteiger charge is 2.77. The molecule has 3 heterocycles. The van der Waals surface area contributed by atoms with Crippen LogP contribution in [0, 0.1) is 11.8 Å². The number of carbonyl (C=O) groups excluding carboxylic acids is 3. The summed E-state index contributed by atoms with van der Waals surface area (Å²) in [5.41, 5.74) is 0.656. The fourth-order valence-electron chi connectivity index (χ4n) is 6.93. The number of amides is 3. The first-order valence-corrected chi connectivity index (χ1v) is 13.9. The van der Waals surface area contributed by atoms with E-state index in [2.05, 4.69) is 29.4 Å². The first-order valence-electron chi connectivity index (χ1n) is 13.9. The number of nitrogens with zero attached hydrogens (tertiary/aromatic N) is 2. The van der Waals surface area contributed by atoms with E-state index < -0.39 is 29.1 Å². The number of rotatable bonds is 10. The van der Waals surface area contributed by atoms with Crippen molar-refractivity contribution in [1.29, 1.82) is 0 Å². The third kappa shape index (κ3) is 4.57. The Balaban J connectivity index is 1.39. The van der Waals surface area contributed by atoms with E-state index in [1.807, 2.05) is 61.5 Å². The molecule has 2 aromatic carbocycles. The van der Waals surface area contributed by atoms with Crippen LogP contribution in [-0.4, -0.2) is 71.2 Å². The first kappa shape index (κ1) is 27.1. The van der Waals surface area contributed by atoms with Gasteiger partial charge in [0.25, 0.3) is 0 Å². The zero-order valence-electron chi connectivity index (χ0n) is 22.9. The smallest absolute Gasteiger partial charge is 0.250 e. The number of aliphatic hydroxyl groups excluding tert-OH is 1. The van der Waals surface area contributed by atoms with Gasteiger partial charge in [-0.2, -0.15) is 0 Å². The minimum atomic E-state index is -1.12. The van der Waals surface area contributed by atoms with Crippen molar-refractivity contribution in [3.8, 4) is 0 Å². The fourth-order valence-corrected chi connectivity index (χ4v) is 6.93. The monoisotopic (exact) mass is 534 g/mol. The minimum absolute atomic E-state index is 0.00546. The van der Waals surface area contributed by atoms with Crippen molar-refractivity contribution in [2.75, 3.05) is 36.5 Å². The van der Waals surface area contributed by atoms with Crippen molar-refractivity contribution in [3.63, 3.8) is 0 Å². The zero-order chi connectivity index (χ0) is 27.8. The molecule has 2 aromatic rings. The topological polar surface area (TPSA) is 111 Å². The number of anilines is 2. The van der Waals surface area contributed by atoms with Gasteiger partial charge in [0.05, 0.1) is 24.0 Å². The molecule has 3 aliphatic heterocycles. The van der Waals surface area contributed by atoms with Gasteiger partial charge in [-0.3, -0.25) is 14.4 Å². The maximum Gasteiger partial charge on any atom is 0.250 e. The summed E-state index contributed by atoms with van der Waals surface area (Å²) in [6.45, 7) is 7.85. The summed E-state index contributed by atoms with van der Waals surface area (Å²) in [5, 5.41) is 15.7. The van der Waals surface area contributed by atoms with Crippen LogP contribution in [0.5, 0.6) is 0 Å². The largest absolute Gasteiger partial charge is 0.395 e. The molecule has 39 heavy (non-hydrogen) atoms. The number of hydrogen-bond donors (Lipinski definition) is 3. The number of aliphatic hydroxyl groups is 1. The Morgan fingerprint density at radius 2 is 1.74 bits per heavy atom. The highest BCUT2D eigenvalue weighted by Crippen LogP contribution is 2.63. The van der Waals surface area contributed by atoms with Crippen LogP contribution in [0.25, 0.3) is 0 Å². The Morgan fingerprint density at radius 1 is 1.05 bits per heavy atom. The molecule has 9 nitrogen and oxygen atoms in total. The average Bonchev–Trinajstić information content (AvgIpc) is 3.50. The molecule has 0 saturated carbocycles. The number of hydrogen-bond acceptors (Lipinski definition) is 6. The van der Waals surface area contributed by atoms with Gasteiger partial charge in [0, 0.05) is 37.6 Å². The van der Waals surface area contributed by atoms with Crippen LogP contribution >= 0.6 is 0 Å². The van der Waals surface area contributed by atoms with Gasteiger partial charge in [-0.1, -0.05) is 30.3 Å². The first-order chi connectivity index (χ1) is 18.8. The summed E-state index contributed by atoms with van der Waals surface area (Å²) >= 11 is 0. The van der Waals surface area contributed by atoms with Crippen molar-refractivity contribution >= 4 is 29.1 Å². The van der Waals surface area contributed by atoms with Crippen LogP contribution < -0.4 is 15.5 Å². The molecule has 0 aromatic heterocycles. The summed E-state index contributed by atoms with van der Waals surface area (Å²) in [7, 11) is 0. The van der Waals surface area contributed by atoms with Crippen molar-refractivity contribution in [2.24, 2.45) is 11.8 Å². The molecular formula is C30H38N4O5. The van der Waals surface area contributed by atoms with E-state index in [-0.39, 0.29) is 30.9 Å². The minimum Gasteiger partial charge on any atom is -0.395 e. The molecule has 0 aliphatic carbocycles. The van der Waals surface area contributed by atoms with E-state index in [4.69, 9.17) is 4.74 Å². The summed E-state index contributed by atoms with van der Waals surface area (Å²) in [5.74, 6) is -2.46. The maximum atomic E-state index is 13.8. The summed E-state index contributed by atoms with van der Waals surface area (Å²) in [6, 6.07) is 16.3. The quantitative estimate of drug-likeness (QED) is 0.432. The molecule has 3 fully saturated rings. The van der Waals surface area contributed by atoms with Crippen LogP contribution in [0.15, 0.2) is 54.6 Å². The third-order valence-electron chi connectivity index (χ3n) is 8.72. The number of likely N-dealkylation sites (tertiary alicyclic amines) is 1. The summed E-state index contributed by atoms with van der Waals surface area (Å²) in [6.07, 6.45) is 1.05. The number of β-amino-alcohol motifs (C(OH)–C–C–N with tert-alkyl or cyclic N) is 1. The van der Waals surface area contributed by atoms with Crippen LogP contribution in [0.3, 0.4) is 0 Å². The van der Waals surface area contributed by atoms with Crippen LogP contribution in [0.2, 0.25) is 0 Å². The third-order valence-corrected chi connectivity index (χ3v) is 8.72. The lowest BCUT2D eigenvalue weighted by molar-refractivity contribution is -0.145. The van der Waals surface area contributed by atoms with Crippen LogP contribution in [-0.2, 0) is 25.7 Å². The van der Waals surface area contributed by atoms with E-state index in [1.165, 1.54) is 4.90 Å². The molecule has 2 unspecified atom stereocenters. The standard InChI is InChI=1S/C30H38N4O5/c1-4-33(5-2)22-13-11-21(12-14-22)32-27(37)25-30-16-15-29(3,39-30)23(24(30)28(38)34(25)17-18-35)26(36)31-19-20-9-7-6-8-10-20/h6-14,23-25,35H,4-5,15-19H2,1-3H3,(H,31,36)(H,32,37)/t23-,24+,25?,29+,30?/m1/s1. The maximum absolute atomic E-state index is 13.8. The molecule has 5 atom stereocenters. The second kappa shape index (κ2) is 10.6. The Labute approximate surface area is 229 Å². The van der Waals surface area contributed by atoms with Gasteiger partial charge >= 0.3 is 0 Å². The zero-order valence-corrected chi connectivity index (χ0v) is 22.9. The molecule has 2 bridgehead atoms. The summed E-state index contributed by atoms with van der Waals surface area (Å²) in [4.78, 5) is 44.8. The Bertz CT molecular complexity index is 1220. The Morgan fingerprint density at radius 3 is 2.38 bits per heavy atom. The Kier molecular flexibility index (Phi) is 7.39. The van der Waals surface area contributed by atoms with Gasteiger partial charge in [0.15, 0.2) is 0 Å². The molecule has 0 radical (unpaired) electrons. The number of fused-ring (bicyclic) bond motifs is 1. The summed E-state index contributed by atoms with van der Waals surface area (Å²) < 4.78 is 6.58. The van der Waals surface area contributed by atoms with Gasteiger partial charge in [-0.05, 0) is 63.4 Å². The Hall–Kier alpha value is -3.43. The normalized spacial score (nSPS) is 28.9. The number of carbonyl (C=O) groups is 3. The van der Waals surface area contributed by atoms with Gasteiger partial charge in [-0.15, -0.1) is 0 Å². The van der Waals surface area contributed by atoms with Crippen molar-refractivity contribution in [3.05, 3.63) is 60.2 Å². The van der Waals surface area contributed by atoms with E-state index in [0.717, 1.165) is 24.3 Å². The van der Waals surface area contributed by atoms with Crippen LogP contribution in [0.4, 0.5) is 11.4 Å². The average molecular weight is 535 g/mol. The lowest BCUT2D eigenvalue weighted by atomic mass is 9.66. The molecule has 3 saturated heterocycles. The van der Waals surface area contributed by atoms with Gasteiger partial charge in [-0.25, -0.2) is 0 Å². The highest BCUT2D eigenvalue weighted by atomic mass is 16.5. The van der Waals surface area contributed by atoms with E-state index in [1.54, 1.807) is 0 Å². The number of nitrogens with one attached hydrogen (secondary N) is 2. The molecule has 9 heteroatoms. The fraction of sp³-hybridized carbons (Fsp3) is 0.500. The van der Waals surface area contributed by atoms with E-state index >= 15 is 0 Å². The van der Waals surface area contributed by atoms with Crippen LogP contribution in [0.1, 0.15) is 39.2 Å². The molecular weight excluding hydrogens is 496 g/mol. The molecule has 3 amide bonds. The lowest BCUT2D eigenvalue weighted by Gasteiger charge is -2.33. The molecule has 3 aliphatic rings. The molecule has 5 rings (SSSR count). The van der Waals surface area contributed by atoms with Crippen molar-refractivity contribution < 1.29 is 24.2 Å².